The molecule has 0 fully saturated rings. The fraction of sp³-hybridized carbons (Fsp3) is 0.105. The number of benzene rings is 2. The molecule has 0 unspecified atom stereocenters. The summed E-state index contributed by atoms with van der Waals surface area (Å²) < 4.78 is 7.67. The molecule has 4 aromatic rings. The molecule has 0 aliphatic carbocycles. The lowest BCUT2D eigenvalue weighted by molar-refractivity contribution is 0.415. The van der Waals surface area contributed by atoms with Crippen LogP contribution >= 0.6 is 0 Å². The van der Waals surface area contributed by atoms with Crippen LogP contribution in [0, 0.1) is 0 Å². The second-order valence-electron chi connectivity index (χ2n) is 5.33. The van der Waals surface area contributed by atoms with E-state index < -0.39 is 0 Å². The molecule has 108 valence electrons. The minimum absolute atomic E-state index is 0.832. The average Bonchev–Trinajstić information content (AvgIpc) is 2.89. The third kappa shape index (κ3) is 2.02. The van der Waals surface area contributed by atoms with Gasteiger partial charge in [0, 0.05) is 18.1 Å². The van der Waals surface area contributed by atoms with Gasteiger partial charge in [0.25, 0.3) is 0 Å². The third-order valence-corrected chi connectivity index (χ3v) is 4.01. The van der Waals surface area contributed by atoms with Gasteiger partial charge in [-0.1, -0.05) is 30.3 Å². The van der Waals surface area contributed by atoms with Crippen LogP contribution < -0.4 is 4.74 Å². The van der Waals surface area contributed by atoms with Crippen LogP contribution in [0.1, 0.15) is 5.56 Å². The fourth-order valence-electron chi connectivity index (χ4n) is 2.96. The van der Waals surface area contributed by atoms with Crippen LogP contribution in [0.2, 0.25) is 0 Å². The summed E-state index contributed by atoms with van der Waals surface area (Å²) in [4.78, 5) is 4.57. The summed E-state index contributed by atoms with van der Waals surface area (Å²) in [6, 6.07) is 20.8. The summed E-state index contributed by atoms with van der Waals surface area (Å²) in [6.45, 7) is 0.832. The highest BCUT2D eigenvalue weighted by Crippen LogP contribution is 2.30. The van der Waals surface area contributed by atoms with Gasteiger partial charge in [0.2, 0.25) is 0 Å². The molecule has 0 amide bonds. The number of aromatic nitrogens is 2. The standard InChI is InChI=1S/C19H16N2O/c1-22-15-9-10-17-16(12-15)19-18(8-5-11-20-19)21(17)13-14-6-3-2-4-7-14/h2-12H,13H2,1H3. The number of pyridine rings is 1. The van der Waals surface area contributed by atoms with Crippen molar-refractivity contribution in [3.05, 3.63) is 72.4 Å². The first-order chi connectivity index (χ1) is 10.9. The van der Waals surface area contributed by atoms with Crippen molar-refractivity contribution in [2.24, 2.45) is 0 Å². The predicted molar refractivity (Wildman–Crippen MR) is 89.3 cm³/mol. The van der Waals surface area contributed by atoms with Gasteiger partial charge in [-0.05, 0) is 35.9 Å². The summed E-state index contributed by atoms with van der Waals surface area (Å²) in [5.41, 5.74) is 4.63. The van der Waals surface area contributed by atoms with E-state index in [2.05, 4.69) is 52.0 Å². The van der Waals surface area contributed by atoms with E-state index in [4.69, 9.17) is 4.74 Å². The van der Waals surface area contributed by atoms with Gasteiger partial charge in [-0.3, -0.25) is 4.98 Å². The van der Waals surface area contributed by atoms with Crippen LogP contribution in [0.3, 0.4) is 0 Å². The molecule has 3 heteroatoms. The van der Waals surface area contributed by atoms with Crippen LogP contribution in [0.4, 0.5) is 0 Å². The molecule has 0 aliphatic rings. The second-order valence-corrected chi connectivity index (χ2v) is 5.33. The van der Waals surface area contributed by atoms with Gasteiger partial charge >= 0.3 is 0 Å². The maximum atomic E-state index is 5.36. The SMILES string of the molecule is COc1ccc2c(c1)c1ncccc1n2Cc1ccccc1. The van der Waals surface area contributed by atoms with Gasteiger partial charge in [0.15, 0.2) is 0 Å². The monoisotopic (exact) mass is 288 g/mol. The van der Waals surface area contributed by atoms with E-state index in [1.165, 1.54) is 11.1 Å². The van der Waals surface area contributed by atoms with Crippen LogP contribution in [0.5, 0.6) is 5.75 Å². The van der Waals surface area contributed by atoms with Gasteiger partial charge < -0.3 is 9.30 Å². The normalized spacial score (nSPS) is 11.1. The molecule has 0 saturated heterocycles. The average molecular weight is 288 g/mol. The maximum absolute atomic E-state index is 5.36. The Morgan fingerprint density at radius 1 is 0.955 bits per heavy atom. The van der Waals surface area contributed by atoms with E-state index in [0.717, 1.165) is 28.7 Å². The predicted octanol–water partition coefficient (Wildman–Crippen LogP) is 4.25. The zero-order valence-electron chi connectivity index (χ0n) is 12.4. The molecule has 3 nitrogen and oxygen atoms in total. The molecule has 0 aliphatic heterocycles. The Morgan fingerprint density at radius 3 is 2.64 bits per heavy atom. The number of hydrogen-bond acceptors (Lipinski definition) is 2. The van der Waals surface area contributed by atoms with Crippen molar-refractivity contribution in [2.45, 2.75) is 6.54 Å². The highest BCUT2D eigenvalue weighted by Gasteiger charge is 2.12. The minimum atomic E-state index is 0.832. The topological polar surface area (TPSA) is 27.1 Å². The van der Waals surface area contributed by atoms with E-state index in [1.54, 1.807) is 7.11 Å². The van der Waals surface area contributed by atoms with Crippen molar-refractivity contribution in [1.29, 1.82) is 0 Å². The Kier molecular flexibility index (Phi) is 3.04. The van der Waals surface area contributed by atoms with Gasteiger partial charge in [-0.2, -0.15) is 0 Å². The zero-order chi connectivity index (χ0) is 14.9. The van der Waals surface area contributed by atoms with Crippen molar-refractivity contribution < 1.29 is 4.74 Å². The summed E-state index contributed by atoms with van der Waals surface area (Å²) in [5.74, 6) is 0.858. The number of nitrogens with zero attached hydrogens (tertiary/aromatic N) is 2. The molecule has 4 rings (SSSR count). The third-order valence-electron chi connectivity index (χ3n) is 4.01. The lowest BCUT2D eigenvalue weighted by Gasteiger charge is -2.07. The molecule has 0 N–H and O–H groups in total. The number of ether oxygens (including phenoxy) is 1. The van der Waals surface area contributed by atoms with E-state index in [1.807, 2.05) is 24.4 Å². The van der Waals surface area contributed by atoms with Crippen molar-refractivity contribution in [3.63, 3.8) is 0 Å². The fourth-order valence-corrected chi connectivity index (χ4v) is 2.96. The van der Waals surface area contributed by atoms with Crippen LogP contribution in [0.15, 0.2) is 66.9 Å². The summed E-state index contributed by atoms with van der Waals surface area (Å²) in [7, 11) is 1.69. The molecule has 0 atom stereocenters. The highest BCUT2D eigenvalue weighted by atomic mass is 16.5. The second kappa shape index (κ2) is 5.19. The Balaban J connectivity index is 1.99. The molecule has 0 spiro atoms. The molecule has 2 aromatic heterocycles. The van der Waals surface area contributed by atoms with Crippen molar-refractivity contribution in [1.82, 2.24) is 9.55 Å². The van der Waals surface area contributed by atoms with Gasteiger partial charge in [0.05, 0.1) is 23.7 Å². The molecule has 0 radical (unpaired) electrons. The Labute approximate surface area is 128 Å². The molecular formula is C19H16N2O. The smallest absolute Gasteiger partial charge is 0.119 e. The molecule has 22 heavy (non-hydrogen) atoms. The van der Waals surface area contributed by atoms with E-state index in [-0.39, 0.29) is 0 Å². The van der Waals surface area contributed by atoms with Crippen LogP contribution in [-0.2, 0) is 6.54 Å². The first-order valence-electron chi connectivity index (χ1n) is 7.32. The van der Waals surface area contributed by atoms with Crippen molar-refractivity contribution in [2.75, 3.05) is 7.11 Å². The highest BCUT2D eigenvalue weighted by molar-refractivity contribution is 6.06. The quantitative estimate of drug-likeness (QED) is 0.563. The van der Waals surface area contributed by atoms with E-state index in [9.17, 15) is 0 Å². The van der Waals surface area contributed by atoms with E-state index in [0.29, 0.717) is 0 Å². The van der Waals surface area contributed by atoms with Crippen LogP contribution in [0.25, 0.3) is 21.9 Å². The Morgan fingerprint density at radius 2 is 1.82 bits per heavy atom. The lowest BCUT2D eigenvalue weighted by Crippen LogP contribution is -1.99. The number of hydrogen-bond donors (Lipinski definition) is 0. The van der Waals surface area contributed by atoms with E-state index >= 15 is 0 Å². The lowest BCUT2D eigenvalue weighted by atomic mass is 10.2. The molecule has 0 saturated carbocycles. The zero-order valence-corrected chi connectivity index (χ0v) is 12.4. The van der Waals surface area contributed by atoms with Crippen molar-refractivity contribution in [3.8, 4) is 5.75 Å². The summed E-state index contributed by atoms with van der Waals surface area (Å²) >= 11 is 0. The van der Waals surface area contributed by atoms with Gasteiger partial charge in [-0.15, -0.1) is 0 Å². The maximum Gasteiger partial charge on any atom is 0.119 e. The number of rotatable bonds is 3. The summed E-state index contributed by atoms with van der Waals surface area (Å²) in [6.07, 6.45) is 1.84. The largest absolute Gasteiger partial charge is 0.497 e. The van der Waals surface area contributed by atoms with Crippen molar-refractivity contribution >= 4 is 21.9 Å². The molecule has 0 bridgehead atoms. The minimum Gasteiger partial charge on any atom is -0.497 e. The van der Waals surface area contributed by atoms with Crippen LogP contribution in [-0.4, -0.2) is 16.7 Å². The molecule has 2 aromatic carbocycles. The first-order valence-corrected chi connectivity index (χ1v) is 7.32. The molecule has 2 heterocycles. The summed E-state index contributed by atoms with van der Waals surface area (Å²) in [5, 5.41) is 1.13. The number of methoxy groups -OCH3 is 1. The Hall–Kier alpha value is -2.81. The molecular weight excluding hydrogens is 272 g/mol. The first kappa shape index (κ1) is 12.9. The Bertz CT molecular complexity index is 942. The van der Waals surface area contributed by atoms with Gasteiger partial charge in [0.1, 0.15) is 5.75 Å². The van der Waals surface area contributed by atoms with Gasteiger partial charge in [-0.25, -0.2) is 0 Å². The number of fused-ring (bicyclic) bond motifs is 3.